The van der Waals surface area contributed by atoms with Crippen molar-refractivity contribution in [3.8, 4) is 0 Å². The molecule has 1 aromatic heterocycles. The van der Waals surface area contributed by atoms with Crippen LogP contribution in [0.1, 0.15) is 29.4 Å². The SMILES string of the molecule is CC(=O)c1cnc(N(C)CCOCC2CC2)s1. The first-order valence-corrected chi connectivity index (χ1v) is 6.74. The summed E-state index contributed by atoms with van der Waals surface area (Å²) in [6.45, 7) is 4.00. The second-order valence-corrected chi connectivity index (χ2v) is 5.51. The van der Waals surface area contributed by atoms with Crippen LogP contribution in [0.25, 0.3) is 0 Å². The molecule has 0 aliphatic heterocycles. The van der Waals surface area contributed by atoms with Crippen LogP contribution < -0.4 is 4.90 Å². The van der Waals surface area contributed by atoms with E-state index < -0.39 is 0 Å². The molecule has 4 nitrogen and oxygen atoms in total. The van der Waals surface area contributed by atoms with Crippen molar-refractivity contribution in [3.05, 3.63) is 11.1 Å². The Hall–Kier alpha value is -0.940. The van der Waals surface area contributed by atoms with Gasteiger partial charge in [0.2, 0.25) is 0 Å². The number of aromatic nitrogens is 1. The number of rotatable bonds is 7. The predicted molar refractivity (Wildman–Crippen MR) is 68.9 cm³/mol. The maximum atomic E-state index is 11.2. The Bertz CT molecular complexity index is 388. The number of Topliss-reactive ketones (excluding diaryl/α,β-unsaturated/α-hetero) is 1. The fourth-order valence-corrected chi connectivity index (χ4v) is 2.23. The van der Waals surface area contributed by atoms with Crippen molar-refractivity contribution in [1.82, 2.24) is 4.98 Å². The molecule has 0 bridgehead atoms. The first-order valence-electron chi connectivity index (χ1n) is 5.92. The Labute approximate surface area is 106 Å². The topological polar surface area (TPSA) is 42.4 Å². The predicted octanol–water partition coefficient (Wildman–Crippen LogP) is 2.21. The van der Waals surface area contributed by atoms with Gasteiger partial charge in [-0.1, -0.05) is 11.3 Å². The molecule has 1 saturated carbocycles. The Morgan fingerprint density at radius 2 is 2.41 bits per heavy atom. The highest BCUT2D eigenvalue weighted by atomic mass is 32.1. The third kappa shape index (κ3) is 3.78. The summed E-state index contributed by atoms with van der Waals surface area (Å²) < 4.78 is 5.57. The number of likely N-dealkylation sites (N-methyl/N-ethyl adjacent to an activating group) is 1. The molecule has 2 rings (SSSR count). The average Bonchev–Trinajstić information content (AvgIpc) is 2.97. The molecule has 17 heavy (non-hydrogen) atoms. The van der Waals surface area contributed by atoms with Gasteiger partial charge in [-0.25, -0.2) is 4.98 Å². The molecule has 94 valence electrons. The van der Waals surface area contributed by atoms with Crippen molar-refractivity contribution < 1.29 is 9.53 Å². The third-order valence-corrected chi connectivity index (χ3v) is 4.00. The normalized spacial score (nSPS) is 14.9. The molecule has 1 aromatic rings. The van der Waals surface area contributed by atoms with Gasteiger partial charge in [0.25, 0.3) is 0 Å². The van der Waals surface area contributed by atoms with Gasteiger partial charge in [-0.2, -0.15) is 0 Å². The smallest absolute Gasteiger partial charge is 0.185 e. The maximum Gasteiger partial charge on any atom is 0.185 e. The van der Waals surface area contributed by atoms with Gasteiger partial charge in [0, 0.05) is 27.1 Å². The van der Waals surface area contributed by atoms with Crippen molar-refractivity contribution in [1.29, 1.82) is 0 Å². The molecule has 0 unspecified atom stereocenters. The van der Waals surface area contributed by atoms with Crippen molar-refractivity contribution in [2.75, 3.05) is 31.7 Å². The van der Waals surface area contributed by atoms with Gasteiger partial charge in [-0.05, 0) is 18.8 Å². The zero-order chi connectivity index (χ0) is 12.3. The Morgan fingerprint density at radius 1 is 1.65 bits per heavy atom. The quantitative estimate of drug-likeness (QED) is 0.552. The maximum absolute atomic E-state index is 11.2. The molecule has 0 amide bonds. The van der Waals surface area contributed by atoms with E-state index in [9.17, 15) is 4.79 Å². The molecule has 0 N–H and O–H groups in total. The molecule has 1 aliphatic rings. The lowest BCUT2D eigenvalue weighted by Gasteiger charge is -2.15. The highest BCUT2D eigenvalue weighted by Crippen LogP contribution is 2.28. The summed E-state index contributed by atoms with van der Waals surface area (Å²) >= 11 is 1.44. The molecule has 5 heteroatoms. The van der Waals surface area contributed by atoms with E-state index in [2.05, 4.69) is 4.98 Å². The van der Waals surface area contributed by atoms with Crippen molar-refractivity contribution >= 4 is 22.3 Å². The second kappa shape index (κ2) is 5.60. The molecular weight excluding hydrogens is 236 g/mol. The molecule has 0 saturated heterocycles. The largest absolute Gasteiger partial charge is 0.379 e. The summed E-state index contributed by atoms with van der Waals surface area (Å²) in [7, 11) is 1.98. The van der Waals surface area contributed by atoms with Crippen molar-refractivity contribution in [2.45, 2.75) is 19.8 Å². The number of carbonyl (C=O) groups excluding carboxylic acids is 1. The molecule has 1 aliphatic carbocycles. The van der Waals surface area contributed by atoms with Gasteiger partial charge in [-0.3, -0.25) is 4.79 Å². The lowest BCUT2D eigenvalue weighted by molar-refractivity contribution is 0.102. The Kier molecular flexibility index (Phi) is 4.12. The van der Waals surface area contributed by atoms with Crippen LogP contribution >= 0.6 is 11.3 Å². The first kappa shape index (κ1) is 12.5. The van der Waals surface area contributed by atoms with Crippen LogP contribution in [0.5, 0.6) is 0 Å². The summed E-state index contributed by atoms with van der Waals surface area (Å²) in [6, 6.07) is 0. The fraction of sp³-hybridized carbons (Fsp3) is 0.667. The number of ketones is 1. The first-order chi connectivity index (χ1) is 8.16. The highest BCUT2D eigenvalue weighted by Gasteiger charge is 2.21. The second-order valence-electron chi connectivity index (χ2n) is 4.50. The number of thiazole rings is 1. The Morgan fingerprint density at radius 3 is 3.00 bits per heavy atom. The summed E-state index contributed by atoms with van der Waals surface area (Å²) in [6.07, 6.45) is 4.29. The standard InChI is InChI=1S/C12H18N2O2S/c1-9(15)11-7-13-12(17-11)14(2)5-6-16-8-10-3-4-10/h7,10H,3-6,8H2,1-2H3. The van der Waals surface area contributed by atoms with Crippen LogP contribution in [0.3, 0.4) is 0 Å². The number of hydrogen-bond acceptors (Lipinski definition) is 5. The Balaban J connectivity index is 1.73. The van der Waals surface area contributed by atoms with E-state index >= 15 is 0 Å². The lowest BCUT2D eigenvalue weighted by atomic mass is 10.4. The fourth-order valence-electron chi connectivity index (χ4n) is 1.44. The van der Waals surface area contributed by atoms with Crippen LogP contribution in [-0.4, -0.2) is 37.6 Å². The highest BCUT2D eigenvalue weighted by molar-refractivity contribution is 7.17. The number of nitrogens with zero attached hydrogens (tertiary/aromatic N) is 2. The monoisotopic (exact) mass is 254 g/mol. The number of carbonyl (C=O) groups is 1. The van der Waals surface area contributed by atoms with Gasteiger partial charge in [0.15, 0.2) is 10.9 Å². The van der Waals surface area contributed by atoms with Crippen LogP contribution in [0, 0.1) is 5.92 Å². The van der Waals surface area contributed by atoms with Crippen LogP contribution in [0.15, 0.2) is 6.20 Å². The van der Waals surface area contributed by atoms with E-state index in [0.29, 0.717) is 4.88 Å². The van der Waals surface area contributed by atoms with Crippen LogP contribution in [-0.2, 0) is 4.74 Å². The summed E-state index contributed by atoms with van der Waals surface area (Å²) in [5.41, 5.74) is 0. The minimum absolute atomic E-state index is 0.0760. The van der Waals surface area contributed by atoms with Crippen molar-refractivity contribution in [3.63, 3.8) is 0 Å². The van der Waals surface area contributed by atoms with Gasteiger partial charge >= 0.3 is 0 Å². The zero-order valence-corrected chi connectivity index (χ0v) is 11.1. The third-order valence-electron chi connectivity index (χ3n) is 2.79. The summed E-state index contributed by atoms with van der Waals surface area (Å²) in [5, 5.41) is 0.880. The van der Waals surface area contributed by atoms with Gasteiger partial charge < -0.3 is 9.64 Å². The molecule has 0 spiro atoms. The van der Waals surface area contributed by atoms with Crippen LogP contribution in [0.2, 0.25) is 0 Å². The van der Waals surface area contributed by atoms with E-state index in [1.54, 1.807) is 13.1 Å². The number of anilines is 1. The van der Waals surface area contributed by atoms with Gasteiger partial charge in [0.05, 0.1) is 17.7 Å². The minimum Gasteiger partial charge on any atom is -0.379 e. The summed E-state index contributed by atoms with van der Waals surface area (Å²) in [5.74, 6) is 0.886. The number of ether oxygens (including phenoxy) is 1. The van der Waals surface area contributed by atoms with E-state index in [1.165, 1.54) is 24.2 Å². The van der Waals surface area contributed by atoms with E-state index in [-0.39, 0.29) is 5.78 Å². The van der Waals surface area contributed by atoms with E-state index in [4.69, 9.17) is 4.74 Å². The molecule has 1 fully saturated rings. The molecule has 1 heterocycles. The molecular formula is C12H18N2O2S. The lowest BCUT2D eigenvalue weighted by Crippen LogP contribution is -2.22. The molecule has 0 atom stereocenters. The molecule has 0 radical (unpaired) electrons. The van der Waals surface area contributed by atoms with Crippen LogP contribution in [0.4, 0.5) is 5.13 Å². The minimum atomic E-state index is 0.0760. The average molecular weight is 254 g/mol. The zero-order valence-electron chi connectivity index (χ0n) is 10.3. The van der Waals surface area contributed by atoms with Crippen molar-refractivity contribution in [2.24, 2.45) is 5.92 Å². The summed E-state index contributed by atoms with van der Waals surface area (Å²) in [4.78, 5) is 18.1. The number of hydrogen-bond donors (Lipinski definition) is 0. The van der Waals surface area contributed by atoms with Gasteiger partial charge in [0.1, 0.15) is 0 Å². The molecule has 0 aromatic carbocycles. The van der Waals surface area contributed by atoms with E-state index in [0.717, 1.165) is 30.8 Å². The van der Waals surface area contributed by atoms with E-state index in [1.807, 2.05) is 11.9 Å². The van der Waals surface area contributed by atoms with Gasteiger partial charge in [-0.15, -0.1) is 0 Å².